The Bertz CT molecular complexity index is 290. The van der Waals surface area contributed by atoms with Crippen molar-refractivity contribution >= 4 is 6.41 Å². The molecule has 0 aromatic rings. The Balaban J connectivity index is 4.57. The number of carbonyl (C=O) groups is 1. The first-order valence-electron chi connectivity index (χ1n) is 4.16. The highest BCUT2D eigenvalue weighted by molar-refractivity contribution is 5.47. The summed E-state index contributed by atoms with van der Waals surface area (Å²) in [6.07, 6.45) is -0.245. The summed E-state index contributed by atoms with van der Waals surface area (Å²) in [5.74, 6) is 0. The molecule has 0 rings (SSSR count). The van der Waals surface area contributed by atoms with Crippen LogP contribution in [0.2, 0.25) is 0 Å². The Morgan fingerprint density at radius 2 is 2.00 bits per heavy atom. The average Bonchev–Trinajstić information content (AvgIpc) is 2.16. The molecule has 0 aliphatic rings. The van der Waals surface area contributed by atoms with Crippen LogP contribution in [-0.2, 0) is 4.79 Å². The van der Waals surface area contributed by atoms with Gasteiger partial charge in [0.25, 0.3) is 0 Å². The van der Waals surface area contributed by atoms with Crippen molar-refractivity contribution in [2.45, 2.75) is 13.1 Å². The van der Waals surface area contributed by atoms with Crippen molar-refractivity contribution in [1.82, 2.24) is 5.32 Å². The molecule has 0 bridgehead atoms. The van der Waals surface area contributed by atoms with E-state index < -0.39 is 11.7 Å². The van der Waals surface area contributed by atoms with E-state index in [-0.39, 0.29) is 6.54 Å². The van der Waals surface area contributed by atoms with Crippen LogP contribution in [0, 0.1) is 0 Å². The van der Waals surface area contributed by atoms with Crippen LogP contribution < -0.4 is 5.32 Å². The molecule has 0 saturated heterocycles. The fourth-order valence-electron chi connectivity index (χ4n) is 0.685. The number of allylic oxidation sites excluding steroid dienone is 3. The topological polar surface area (TPSA) is 29.1 Å². The first-order chi connectivity index (χ1) is 6.91. The van der Waals surface area contributed by atoms with E-state index in [9.17, 15) is 18.0 Å². The van der Waals surface area contributed by atoms with E-state index in [4.69, 9.17) is 0 Å². The van der Waals surface area contributed by atoms with Gasteiger partial charge in [-0.3, -0.25) is 4.79 Å². The van der Waals surface area contributed by atoms with E-state index in [1.165, 1.54) is 12.2 Å². The maximum Gasteiger partial charge on any atom is 0.412 e. The van der Waals surface area contributed by atoms with Gasteiger partial charge in [-0.1, -0.05) is 24.8 Å². The predicted molar refractivity (Wildman–Crippen MR) is 52.2 cm³/mol. The van der Waals surface area contributed by atoms with Crippen molar-refractivity contribution in [2.75, 3.05) is 6.54 Å². The second kappa shape index (κ2) is 6.06. The highest BCUT2D eigenvalue weighted by Crippen LogP contribution is 2.24. The SMILES string of the molecule is C=C/C(=C\C=C(/C)C(F)(F)F)CNC=O. The summed E-state index contributed by atoms with van der Waals surface area (Å²) in [5, 5.41) is 2.33. The molecule has 0 aromatic carbocycles. The third-order valence-corrected chi connectivity index (χ3v) is 1.65. The molecule has 0 heterocycles. The first-order valence-corrected chi connectivity index (χ1v) is 4.16. The molecule has 0 aliphatic carbocycles. The van der Waals surface area contributed by atoms with Crippen LogP contribution in [0.15, 0.2) is 36.0 Å². The Morgan fingerprint density at radius 3 is 2.40 bits per heavy atom. The lowest BCUT2D eigenvalue weighted by Gasteiger charge is -2.05. The van der Waals surface area contributed by atoms with Crippen molar-refractivity contribution in [2.24, 2.45) is 0 Å². The zero-order chi connectivity index (χ0) is 11.9. The smallest absolute Gasteiger partial charge is 0.355 e. The highest BCUT2D eigenvalue weighted by Gasteiger charge is 2.29. The summed E-state index contributed by atoms with van der Waals surface area (Å²) in [6, 6.07) is 0. The Morgan fingerprint density at radius 1 is 1.40 bits per heavy atom. The minimum Gasteiger partial charge on any atom is -0.355 e. The zero-order valence-corrected chi connectivity index (χ0v) is 8.27. The third-order valence-electron chi connectivity index (χ3n) is 1.65. The maximum atomic E-state index is 12.1. The molecule has 0 saturated carbocycles. The molecule has 15 heavy (non-hydrogen) atoms. The van der Waals surface area contributed by atoms with Gasteiger partial charge < -0.3 is 5.32 Å². The van der Waals surface area contributed by atoms with Gasteiger partial charge in [0.05, 0.1) is 0 Å². The number of hydrogen-bond donors (Lipinski definition) is 1. The molecule has 2 nitrogen and oxygen atoms in total. The highest BCUT2D eigenvalue weighted by atomic mass is 19.4. The monoisotopic (exact) mass is 219 g/mol. The molecule has 84 valence electrons. The van der Waals surface area contributed by atoms with Gasteiger partial charge in [-0.15, -0.1) is 0 Å². The zero-order valence-electron chi connectivity index (χ0n) is 8.27. The number of halogens is 3. The Hall–Kier alpha value is -1.52. The lowest BCUT2D eigenvalue weighted by atomic mass is 10.2. The van der Waals surface area contributed by atoms with Crippen LogP contribution in [-0.4, -0.2) is 19.1 Å². The third kappa shape index (κ3) is 5.72. The molecule has 0 radical (unpaired) electrons. The molecule has 0 spiro atoms. The first kappa shape index (κ1) is 13.5. The normalized spacial score (nSPS) is 13.6. The van der Waals surface area contributed by atoms with E-state index in [0.717, 1.165) is 13.0 Å². The number of alkyl halides is 3. The molecular formula is C10H12F3NO. The lowest BCUT2D eigenvalue weighted by molar-refractivity contribution is -0.109. The fraction of sp³-hybridized carbons (Fsp3) is 0.300. The standard InChI is InChI=1S/C10H12F3NO/c1-3-9(6-14-7-15)5-4-8(2)10(11,12)13/h3-5,7H,1,6H2,2H3,(H,14,15)/b8-4+,9-5+. The van der Waals surface area contributed by atoms with Crippen LogP contribution >= 0.6 is 0 Å². The number of hydrogen-bond acceptors (Lipinski definition) is 1. The molecule has 1 N–H and O–H groups in total. The molecule has 1 amide bonds. The quantitative estimate of drug-likeness (QED) is 0.558. The summed E-state index contributed by atoms with van der Waals surface area (Å²) in [4.78, 5) is 9.95. The van der Waals surface area contributed by atoms with Crippen LogP contribution in [0.4, 0.5) is 13.2 Å². The summed E-state index contributed by atoms with van der Waals surface area (Å²) < 4.78 is 36.2. The fourth-order valence-corrected chi connectivity index (χ4v) is 0.685. The number of amides is 1. The molecule has 0 unspecified atom stereocenters. The van der Waals surface area contributed by atoms with E-state index in [0.29, 0.717) is 12.0 Å². The van der Waals surface area contributed by atoms with E-state index in [1.54, 1.807) is 0 Å². The van der Waals surface area contributed by atoms with Gasteiger partial charge in [0.2, 0.25) is 6.41 Å². The van der Waals surface area contributed by atoms with Crippen LogP contribution in [0.3, 0.4) is 0 Å². The summed E-state index contributed by atoms with van der Waals surface area (Å²) >= 11 is 0. The lowest BCUT2D eigenvalue weighted by Crippen LogP contribution is -2.13. The van der Waals surface area contributed by atoms with Gasteiger partial charge >= 0.3 is 6.18 Å². The van der Waals surface area contributed by atoms with E-state index >= 15 is 0 Å². The summed E-state index contributed by atoms with van der Waals surface area (Å²) in [7, 11) is 0. The Labute approximate surface area is 86.2 Å². The number of rotatable bonds is 5. The molecule has 5 heteroatoms. The summed E-state index contributed by atoms with van der Waals surface area (Å²) in [6.45, 7) is 4.56. The Kier molecular flexibility index (Phi) is 5.44. The molecule has 0 atom stereocenters. The van der Waals surface area contributed by atoms with Crippen LogP contribution in [0.25, 0.3) is 0 Å². The van der Waals surface area contributed by atoms with Crippen molar-refractivity contribution in [3.63, 3.8) is 0 Å². The molecule has 0 aromatic heterocycles. The van der Waals surface area contributed by atoms with Crippen LogP contribution in [0.1, 0.15) is 6.92 Å². The average molecular weight is 219 g/mol. The molecular weight excluding hydrogens is 207 g/mol. The van der Waals surface area contributed by atoms with Crippen molar-refractivity contribution in [3.05, 3.63) is 36.0 Å². The number of carbonyl (C=O) groups excluding carboxylic acids is 1. The largest absolute Gasteiger partial charge is 0.412 e. The van der Waals surface area contributed by atoms with Crippen molar-refractivity contribution in [1.29, 1.82) is 0 Å². The van der Waals surface area contributed by atoms with Gasteiger partial charge in [-0.05, 0) is 12.5 Å². The van der Waals surface area contributed by atoms with E-state index in [2.05, 4.69) is 11.9 Å². The minimum atomic E-state index is -4.32. The van der Waals surface area contributed by atoms with Gasteiger partial charge in [0.15, 0.2) is 0 Å². The number of nitrogens with one attached hydrogen (secondary N) is 1. The van der Waals surface area contributed by atoms with Gasteiger partial charge in [-0.25, -0.2) is 0 Å². The second-order valence-electron chi connectivity index (χ2n) is 2.79. The van der Waals surface area contributed by atoms with Gasteiger partial charge in [-0.2, -0.15) is 13.2 Å². The predicted octanol–water partition coefficient (Wildman–Crippen LogP) is 2.35. The van der Waals surface area contributed by atoms with Crippen molar-refractivity contribution < 1.29 is 18.0 Å². The van der Waals surface area contributed by atoms with E-state index in [1.807, 2.05) is 0 Å². The summed E-state index contributed by atoms with van der Waals surface area (Å²) in [5.41, 5.74) is -0.196. The second-order valence-corrected chi connectivity index (χ2v) is 2.79. The van der Waals surface area contributed by atoms with Crippen molar-refractivity contribution in [3.8, 4) is 0 Å². The van der Waals surface area contributed by atoms with Gasteiger partial charge in [0, 0.05) is 12.1 Å². The minimum absolute atomic E-state index is 0.161. The van der Waals surface area contributed by atoms with Gasteiger partial charge in [0.1, 0.15) is 0 Å². The van der Waals surface area contributed by atoms with Crippen LogP contribution in [0.5, 0.6) is 0 Å². The molecule has 0 fully saturated rings. The maximum absolute atomic E-state index is 12.1. The molecule has 0 aliphatic heterocycles.